The lowest BCUT2D eigenvalue weighted by Gasteiger charge is -2.37. The number of hydrogen-bond donors (Lipinski definition) is 2. The number of carbonyl (C=O) groups excluding carboxylic acids is 2. The number of aliphatic carboxylic acids is 1. The average Bonchev–Trinajstić information content (AvgIpc) is 3.16. The third-order valence-corrected chi connectivity index (χ3v) is 6.96. The fourth-order valence-electron chi connectivity index (χ4n) is 4.86. The summed E-state index contributed by atoms with van der Waals surface area (Å²) in [4.78, 5) is 38.9. The molecule has 2 atom stereocenters. The Bertz CT molecular complexity index is 1020. The summed E-state index contributed by atoms with van der Waals surface area (Å²) in [6, 6.07) is 16.2. The van der Waals surface area contributed by atoms with Crippen LogP contribution in [0.3, 0.4) is 0 Å². The molecule has 0 bridgehead atoms. The molecule has 1 heterocycles. The molecular weight excluding hydrogens is 420 g/mol. The van der Waals surface area contributed by atoms with Crippen LogP contribution in [0.15, 0.2) is 48.5 Å². The third kappa shape index (κ3) is 4.45. The van der Waals surface area contributed by atoms with Gasteiger partial charge >= 0.3 is 12.1 Å². The molecule has 1 aliphatic heterocycles. The predicted octanol–water partition coefficient (Wildman–Crippen LogP) is 4.02. The van der Waals surface area contributed by atoms with Crippen LogP contribution in [0.2, 0.25) is 0 Å². The van der Waals surface area contributed by atoms with Crippen LogP contribution in [0.25, 0.3) is 11.1 Å². The van der Waals surface area contributed by atoms with Crippen molar-refractivity contribution in [2.45, 2.75) is 44.6 Å². The van der Waals surface area contributed by atoms with Gasteiger partial charge in [0.05, 0.1) is 5.92 Å². The Hall–Kier alpha value is -3.35. The number of amides is 2. The Morgan fingerprint density at radius 3 is 2.27 bits per heavy atom. The lowest BCUT2D eigenvalue weighted by atomic mass is 9.92. The van der Waals surface area contributed by atoms with E-state index in [9.17, 15) is 19.5 Å². The highest BCUT2D eigenvalue weighted by molar-refractivity contribution is 5.90. The number of nitrogens with one attached hydrogen (secondary N) is 1. The van der Waals surface area contributed by atoms with Crippen molar-refractivity contribution in [3.05, 3.63) is 59.7 Å². The molecule has 2 aromatic rings. The lowest BCUT2D eigenvalue weighted by Crippen LogP contribution is -2.59. The topological polar surface area (TPSA) is 95.9 Å². The normalized spacial score (nSPS) is 19.2. The Morgan fingerprint density at radius 1 is 1.09 bits per heavy atom. The van der Waals surface area contributed by atoms with Gasteiger partial charge in [0.1, 0.15) is 12.1 Å². The first-order valence-electron chi connectivity index (χ1n) is 11.5. The van der Waals surface area contributed by atoms with Gasteiger partial charge < -0.3 is 20.1 Å². The zero-order chi connectivity index (χ0) is 23.6. The molecule has 174 valence electrons. The van der Waals surface area contributed by atoms with Crippen LogP contribution >= 0.6 is 0 Å². The number of carbonyl (C=O) groups is 3. The molecule has 2 aromatic carbocycles. The van der Waals surface area contributed by atoms with Crippen molar-refractivity contribution in [2.24, 2.45) is 5.92 Å². The van der Waals surface area contributed by atoms with Crippen molar-refractivity contribution in [3.63, 3.8) is 0 Å². The molecule has 33 heavy (non-hydrogen) atoms. The van der Waals surface area contributed by atoms with Gasteiger partial charge in [-0.1, -0.05) is 55.5 Å². The molecule has 0 aromatic heterocycles. The molecule has 2 N–H and O–H groups in total. The molecule has 1 saturated heterocycles. The van der Waals surface area contributed by atoms with Crippen molar-refractivity contribution >= 4 is 18.0 Å². The molecule has 7 nitrogen and oxygen atoms in total. The van der Waals surface area contributed by atoms with Crippen molar-refractivity contribution in [1.29, 1.82) is 0 Å². The third-order valence-electron chi connectivity index (χ3n) is 6.96. The number of ether oxygens (including phenoxy) is 1. The number of likely N-dealkylation sites (tertiary alicyclic amines) is 1. The molecule has 0 radical (unpaired) electrons. The van der Waals surface area contributed by atoms with Gasteiger partial charge in [0, 0.05) is 19.0 Å². The number of rotatable bonds is 6. The second-order valence-corrected chi connectivity index (χ2v) is 9.06. The van der Waals surface area contributed by atoms with Gasteiger partial charge in [-0.05, 0) is 48.4 Å². The quantitative estimate of drug-likeness (QED) is 0.693. The number of benzene rings is 2. The molecule has 7 heteroatoms. The Kier molecular flexibility index (Phi) is 6.40. The van der Waals surface area contributed by atoms with Gasteiger partial charge in [-0.2, -0.15) is 0 Å². The maximum Gasteiger partial charge on any atom is 0.408 e. The number of alkyl carbamates (subject to hydrolysis) is 1. The molecule has 1 fully saturated rings. The summed E-state index contributed by atoms with van der Waals surface area (Å²) in [5, 5.41) is 12.1. The van der Waals surface area contributed by atoms with Crippen molar-refractivity contribution in [2.75, 3.05) is 19.7 Å². The summed E-state index contributed by atoms with van der Waals surface area (Å²) < 4.78 is 5.62. The van der Waals surface area contributed by atoms with E-state index in [1.807, 2.05) is 31.2 Å². The molecule has 2 amide bonds. The lowest BCUT2D eigenvalue weighted by molar-refractivity contribution is -0.147. The first kappa shape index (κ1) is 22.8. The van der Waals surface area contributed by atoms with E-state index >= 15 is 0 Å². The zero-order valence-corrected chi connectivity index (χ0v) is 19.0. The highest BCUT2D eigenvalue weighted by Crippen LogP contribution is 2.44. The second kappa shape index (κ2) is 9.25. The Balaban J connectivity index is 1.42. The van der Waals surface area contributed by atoms with Crippen LogP contribution < -0.4 is 5.32 Å². The highest BCUT2D eigenvalue weighted by atomic mass is 16.5. The number of carboxylic acids is 1. The van der Waals surface area contributed by atoms with Crippen molar-refractivity contribution < 1.29 is 24.2 Å². The molecule has 0 spiro atoms. The maximum atomic E-state index is 13.2. The van der Waals surface area contributed by atoms with Gasteiger partial charge in [0.25, 0.3) is 0 Å². The van der Waals surface area contributed by atoms with Crippen LogP contribution in [-0.4, -0.2) is 53.2 Å². The summed E-state index contributed by atoms with van der Waals surface area (Å²) in [6.45, 7) is 4.31. The van der Waals surface area contributed by atoms with E-state index in [2.05, 4.69) is 29.6 Å². The number of carboxylic acid groups (broad SMARTS) is 1. The predicted molar refractivity (Wildman–Crippen MR) is 124 cm³/mol. The SMILES string of the molecule is CCC(C)(NC(=O)OCC1c2ccccc2-c2ccccc21)C(=O)N1CCCC(C(=O)O)C1. The summed E-state index contributed by atoms with van der Waals surface area (Å²) in [6.07, 6.45) is 0.904. The number of hydrogen-bond acceptors (Lipinski definition) is 4. The molecule has 4 rings (SSSR count). The van der Waals surface area contributed by atoms with E-state index in [-0.39, 0.29) is 25.0 Å². The molecule has 2 unspecified atom stereocenters. The molecule has 2 aliphatic rings. The minimum Gasteiger partial charge on any atom is -0.481 e. The molecular formula is C26H30N2O5. The molecule has 0 saturated carbocycles. The van der Waals surface area contributed by atoms with Crippen LogP contribution in [0.1, 0.15) is 50.2 Å². The monoisotopic (exact) mass is 450 g/mol. The minimum absolute atomic E-state index is 0.0647. The van der Waals surface area contributed by atoms with Gasteiger partial charge in [0.15, 0.2) is 0 Å². The van der Waals surface area contributed by atoms with E-state index in [1.165, 1.54) is 0 Å². The fourth-order valence-corrected chi connectivity index (χ4v) is 4.86. The fraction of sp³-hybridized carbons (Fsp3) is 0.423. The number of piperidine rings is 1. The Labute approximate surface area is 193 Å². The minimum atomic E-state index is -1.16. The van der Waals surface area contributed by atoms with E-state index in [1.54, 1.807) is 11.8 Å². The second-order valence-electron chi connectivity index (χ2n) is 9.06. The first-order chi connectivity index (χ1) is 15.8. The van der Waals surface area contributed by atoms with Crippen LogP contribution in [0.4, 0.5) is 4.79 Å². The number of nitrogens with zero attached hydrogens (tertiary/aromatic N) is 1. The summed E-state index contributed by atoms with van der Waals surface area (Å²) in [5.41, 5.74) is 3.37. The largest absolute Gasteiger partial charge is 0.481 e. The van der Waals surface area contributed by atoms with Crippen LogP contribution in [0, 0.1) is 5.92 Å². The summed E-state index contributed by atoms with van der Waals surface area (Å²) >= 11 is 0. The first-order valence-corrected chi connectivity index (χ1v) is 11.5. The molecule has 1 aliphatic carbocycles. The van der Waals surface area contributed by atoms with Gasteiger partial charge in [-0.3, -0.25) is 9.59 Å². The standard InChI is InChI=1S/C26H30N2O5/c1-3-26(2,24(31)28-14-8-9-17(15-28)23(29)30)27-25(32)33-16-22-20-12-6-4-10-18(20)19-11-5-7-13-21(19)22/h4-7,10-13,17,22H,3,8-9,14-16H2,1-2H3,(H,27,32)(H,29,30). The highest BCUT2D eigenvalue weighted by Gasteiger charge is 2.40. The average molecular weight is 451 g/mol. The van der Waals surface area contributed by atoms with Crippen molar-refractivity contribution in [3.8, 4) is 11.1 Å². The summed E-state index contributed by atoms with van der Waals surface area (Å²) in [7, 11) is 0. The van der Waals surface area contributed by atoms with Crippen LogP contribution in [-0.2, 0) is 14.3 Å². The van der Waals surface area contributed by atoms with Crippen molar-refractivity contribution in [1.82, 2.24) is 10.2 Å². The van der Waals surface area contributed by atoms with Gasteiger partial charge in [-0.15, -0.1) is 0 Å². The smallest absolute Gasteiger partial charge is 0.408 e. The summed E-state index contributed by atoms with van der Waals surface area (Å²) in [5.74, 6) is -1.80. The van der Waals surface area contributed by atoms with Gasteiger partial charge in [-0.25, -0.2) is 4.79 Å². The van der Waals surface area contributed by atoms with Gasteiger partial charge in [0.2, 0.25) is 5.91 Å². The Morgan fingerprint density at radius 2 is 1.70 bits per heavy atom. The number of fused-ring (bicyclic) bond motifs is 3. The van der Waals surface area contributed by atoms with E-state index in [0.29, 0.717) is 25.8 Å². The zero-order valence-electron chi connectivity index (χ0n) is 19.0. The van der Waals surface area contributed by atoms with E-state index < -0.39 is 23.5 Å². The van der Waals surface area contributed by atoms with Crippen LogP contribution in [0.5, 0.6) is 0 Å². The van der Waals surface area contributed by atoms with E-state index in [4.69, 9.17) is 4.74 Å². The maximum absolute atomic E-state index is 13.2. The van der Waals surface area contributed by atoms with E-state index in [0.717, 1.165) is 22.3 Å².